The number of rotatable bonds is 5. The maximum absolute atomic E-state index is 12.2. The van der Waals surface area contributed by atoms with Crippen LogP contribution < -0.4 is 9.47 Å². The molecule has 0 aromatic heterocycles. The van der Waals surface area contributed by atoms with E-state index in [1.807, 2.05) is 61.7 Å². The summed E-state index contributed by atoms with van der Waals surface area (Å²) in [6, 6.07) is 15.7. The molecule has 0 unspecified atom stereocenters. The number of ketones is 1. The van der Waals surface area contributed by atoms with Crippen molar-refractivity contribution in [3.05, 3.63) is 65.2 Å². The average Bonchev–Trinajstić information content (AvgIpc) is 2.64. The molecule has 1 aliphatic heterocycles. The van der Waals surface area contributed by atoms with Crippen molar-refractivity contribution in [2.75, 3.05) is 27.2 Å². The third-order valence-corrected chi connectivity index (χ3v) is 4.30. The van der Waals surface area contributed by atoms with Crippen LogP contribution in [-0.4, -0.2) is 37.9 Å². The van der Waals surface area contributed by atoms with Crippen molar-refractivity contribution in [3.8, 4) is 11.5 Å². The van der Waals surface area contributed by atoms with Gasteiger partial charge in [0.2, 0.25) is 0 Å². The van der Waals surface area contributed by atoms with Crippen LogP contribution in [0.5, 0.6) is 11.5 Å². The third kappa shape index (κ3) is 4.28. The van der Waals surface area contributed by atoms with E-state index in [0.717, 1.165) is 23.2 Å². The molecule has 25 heavy (non-hydrogen) atoms. The Bertz CT molecular complexity index is 768. The summed E-state index contributed by atoms with van der Waals surface area (Å²) in [5.74, 6) is 1.54. The number of carbonyl (C=O) groups excluding carboxylic acids is 1. The highest BCUT2D eigenvalue weighted by molar-refractivity contribution is 6.01. The Morgan fingerprint density at radius 2 is 1.92 bits per heavy atom. The number of nitrogens with zero attached hydrogens (tertiary/aromatic N) is 1. The Morgan fingerprint density at radius 1 is 1.12 bits per heavy atom. The first-order valence-electron chi connectivity index (χ1n) is 8.43. The lowest BCUT2D eigenvalue weighted by Gasteiger charge is -2.23. The van der Waals surface area contributed by atoms with E-state index < -0.39 is 0 Å². The first-order chi connectivity index (χ1) is 12.2. The van der Waals surface area contributed by atoms with Gasteiger partial charge < -0.3 is 14.4 Å². The molecule has 0 aliphatic carbocycles. The fourth-order valence-electron chi connectivity index (χ4n) is 2.92. The summed E-state index contributed by atoms with van der Waals surface area (Å²) in [6.45, 7) is 1.92. The van der Waals surface area contributed by atoms with Crippen LogP contribution in [0.3, 0.4) is 0 Å². The molecule has 2 aromatic carbocycles. The van der Waals surface area contributed by atoms with Gasteiger partial charge in [-0.05, 0) is 24.8 Å². The van der Waals surface area contributed by atoms with Crippen molar-refractivity contribution in [1.82, 2.24) is 4.90 Å². The quantitative estimate of drug-likeness (QED) is 0.782. The van der Waals surface area contributed by atoms with Gasteiger partial charge in [-0.2, -0.15) is 0 Å². The van der Waals surface area contributed by atoms with Crippen LogP contribution in [0, 0.1) is 0 Å². The van der Waals surface area contributed by atoms with E-state index in [1.54, 1.807) is 7.11 Å². The van der Waals surface area contributed by atoms with Gasteiger partial charge >= 0.3 is 0 Å². The minimum absolute atomic E-state index is 0.204. The zero-order chi connectivity index (χ0) is 17.6. The van der Waals surface area contributed by atoms with Gasteiger partial charge in [0.25, 0.3) is 0 Å². The second kappa shape index (κ2) is 7.99. The number of hydrogen-bond donors (Lipinski definition) is 0. The molecule has 0 spiro atoms. The summed E-state index contributed by atoms with van der Waals surface area (Å²) in [5, 5.41) is 0. The zero-order valence-corrected chi connectivity index (χ0v) is 14.7. The number of methoxy groups -OCH3 is 1. The van der Waals surface area contributed by atoms with Crippen LogP contribution in [0.2, 0.25) is 0 Å². The van der Waals surface area contributed by atoms with Crippen LogP contribution in [0.4, 0.5) is 0 Å². The normalized spacial score (nSPS) is 16.9. The fraction of sp³-hybridized carbons (Fsp3) is 0.286. The molecule has 3 rings (SSSR count). The largest absolute Gasteiger partial charge is 0.493 e. The van der Waals surface area contributed by atoms with Crippen molar-refractivity contribution in [2.24, 2.45) is 0 Å². The molecule has 4 nitrogen and oxygen atoms in total. The van der Waals surface area contributed by atoms with E-state index in [-0.39, 0.29) is 5.78 Å². The number of Topliss-reactive ketones (excluding diaryl/α,β-unsaturated/α-hetero) is 1. The van der Waals surface area contributed by atoms with Gasteiger partial charge in [0.15, 0.2) is 17.3 Å². The minimum atomic E-state index is 0.204. The van der Waals surface area contributed by atoms with Crippen LogP contribution in [0.1, 0.15) is 17.5 Å². The summed E-state index contributed by atoms with van der Waals surface area (Å²) in [7, 11) is 3.65. The number of hydrogen-bond acceptors (Lipinski definition) is 4. The molecule has 130 valence electrons. The molecule has 0 N–H and O–H groups in total. The number of carbonyl (C=O) groups is 1. The van der Waals surface area contributed by atoms with Gasteiger partial charge in [-0.1, -0.05) is 42.5 Å². The molecule has 0 radical (unpaired) electrons. The van der Waals surface area contributed by atoms with Crippen LogP contribution in [0.25, 0.3) is 6.08 Å². The van der Waals surface area contributed by atoms with E-state index in [0.29, 0.717) is 31.1 Å². The number of benzene rings is 2. The summed E-state index contributed by atoms with van der Waals surface area (Å²) < 4.78 is 11.5. The standard InChI is InChI=1S/C21H23NO3/c1-22-12-11-19(23)18(14-22)13-17-9-6-10-20(24-2)21(17)25-15-16-7-4-3-5-8-16/h3-10,13H,11-12,14-15H2,1-2H3/b18-13+. The maximum Gasteiger partial charge on any atom is 0.168 e. The molecular weight excluding hydrogens is 314 g/mol. The highest BCUT2D eigenvalue weighted by Crippen LogP contribution is 2.33. The zero-order valence-electron chi connectivity index (χ0n) is 14.7. The van der Waals surface area contributed by atoms with Gasteiger partial charge in [0.05, 0.1) is 7.11 Å². The summed E-state index contributed by atoms with van der Waals surface area (Å²) in [6.07, 6.45) is 2.49. The molecule has 1 saturated heterocycles. The van der Waals surface area contributed by atoms with Crippen molar-refractivity contribution in [1.29, 1.82) is 0 Å². The molecule has 0 saturated carbocycles. The molecule has 4 heteroatoms. The van der Waals surface area contributed by atoms with Crippen LogP contribution in [-0.2, 0) is 11.4 Å². The topological polar surface area (TPSA) is 38.8 Å². The van der Waals surface area contributed by atoms with Gasteiger partial charge in [-0.3, -0.25) is 4.79 Å². The Morgan fingerprint density at radius 3 is 2.68 bits per heavy atom. The number of para-hydroxylation sites is 1. The number of piperidine rings is 1. The number of likely N-dealkylation sites (N-methyl/N-ethyl adjacent to an activating group) is 1. The van der Waals surface area contributed by atoms with E-state index in [2.05, 4.69) is 4.90 Å². The van der Waals surface area contributed by atoms with Gasteiger partial charge in [0, 0.05) is 30.6 Å². The first kappa shape index (κ1) is 17.2. The highest BCUT2D eigenvalue weighted by atomic mass is 16.5. The monoisotopic (exact) mass is 337 g/mol. The second-order valence-corrected chi connectivity index (χ2v) is 6.23. The van der Waals surface area contributed by atoms with Gasteiger partial charge in [-0.25, -0.2) is 0 Å². The molecule has 0 atom stereocenters. The second-order valence-electron chi connectivity index (χ2n) is 6.23. The number of likely N-dealkylation sites (tertiary alicyclic amines) is 1. The summed E-state index contributed by atoms with van der Waals surface area (Å²) in [5.41, 5.74) is 2.76. The molecule has 0 amide bonds. The van der Waals surface area contributed by atoms with Crippen molar-refractivity contribution in [2.45, 2.75) is 13.0 Å². The molecule has 2 aromatic rings. The minimum Gasteiger partial charge on any atom is -0.493 e. The van der Waals surface area contributed by atoms with E-state index in [4.69, 9.17) is 9.47 Å². The lowest BCUT2D eigenvalue weighted by Crippen LogP contribution is -2.32. The number of ether oxygens (including phenoxy) is 2. The lowest BCUT2D eigenvalue weighted by atomic mass is 10.0. The highest BCUT2D eigenvalue weighted by Gasteiger charge is 2.20. The van der Waals surface area contributed by atoms with Crippen LogP contribution >= 0.6 is 0 Å². The van der Waals surface area contributed by atoms with Crippen molar-refractivity contribution in [3.63, 3.8) is 0 Å². The summed E-state index contributed by atoms with van der Waals surface area (Å²) in [4.78, 5) is 14.4. The van der Waals surface area contributed by atoms with Crippen molar-refractivity contribution < 1.29 is 14.3 Å². The van der Waals surface area contributed by atoms with E-state index in [1.165, 1.54) is 0 Å². The van der Waals surface area contributed by atoms with Gasteiger partial charge in [-0.15, -0.1) is 0 Å². The molecule has 1 heterocycles. The first-order valence-corrected chi connectivity index (χ1v) is 8.43. The Balaban J connectivity index is 1.89. The smallest absolute Gasteiger partial charge is 0.168 e. The average molecular weight is 337 g/mol. The lowest BCUT2D eigenvalue weighted by molar-refractivity contribution is -0.117. The van der Waals surface area contributed by atoms with Crippen LogP contribution in [0.15, 0.2) is 54.1 Å². The maximum atomic E-state index is 12.2. The molecule has 1 aliphatic rings. The Labute approximate surface area is 148 Å². The van der Waals surface area contributed by atoms with Gasteiger partial charge in [0.1, 0.15) is 6.61 Å². The van der Waals surface area contributed by atoms with E-state index in [9.17, 15) is 4.79 Å². The van der Waals surface area contributed by atoms with E-state index >= 15 is 0 Å². The Kier molecular flexibility index (Phi) is 5.51. The SMILES string of the molecule is COc1cccc(/C=C2\CN(C)CCC2=O)c1OCc1ccccc1. The summed E-state index contributed by atoms with van der Waals surface area (Å²) >= 11 is 0. The predicted octanol–water partition coefficient (Wildman–Crippen LogP) is 3.56. The predicted molar refractivity (Wildman–Crippen MR) is 98.9 cm³/mol. The third-order valence-electron chi connectivity index (χ3n) is 4.30. The Hall–Kier alpha value is -2.59. The van der Waals surface area contributed by atoms with Crippen molar-refractivity contribution >= 4 is 11.9 Å². The molecule has 1 fully saturated rings. The molecular formula is C21H23NO3. The molecule has 0 bridgehead atoms. The fourth-order valence-corrected chi connectivity index (χ4v) is 2.92.